The van der Waals surface area contributed by atoms with Gasteiger partial charge in [0.15, 0.2) is 0 Å². The third-order valence-electron chi connectivity index (χ3n) is 4.64. The summed E-state index contributed by atoms with van der Waals surface area (Å²) in [5.74, 6) is -1.59. The quantitative estimate of drug-likeness (QED) is 0.506. The van der Waals surface area contributed by atoms with E-state index in [-0.39, 0.29) is 6.61 Å². The van der Waals surface area contributed by atoms with E-state index in [4.69, 9.17) is 4.74 Å². The van der Waals surface area contributed by atoms with Crippen LogP contribution < -0.4 is 0 Å². The first kappa shape index (κ1) is 17.7. The minimum absolute atomic E-state index is 0.0474. The van der Waals surface area contributed by atoms with Crippen molar-refractivity contribution in [2.75, 3.05) is 0 Å². The van der Waals surface area contributed by atoms with E-state index in [2.05, 4.69) is 5.10 Å². The zero-order valence-electron chi connectivity index (χ0n) is 15.1. The van der Waals surface area contributed by atoms with Crippen LogP contribution in [0.15, 0.2) is 67.0 Å². The van der Waals surface area contributed by atoms with Gasteiger partial charge in [0.2, 0.25) is 0 Å². The van der Waals surface area contributed by atoms with E-state index in [1.54, 1.807) is 35.1 Å². The van der Waals surface area contributed by atoms with Crippen molar-refractivity contribution in [3.05, 3.63) is 83.7 Å². The van der Waals surface area contributed by atoms with Crippen LogP contribution in [0, 0.1) is 0 Å². The molecule has 0 unspecified atom stereocenters. The highest BCUT2D eigenvalue weighted by molar-refractivity contribution is 6.22. The van der Waals surface area contributed by atoms with Gasteiger partial charge in [0.1, 0.15) is 12.6 Å². The Morgan fingerprint density at radius 2 is 1.64 bits per heavy atom. The molecule has 1 aromatic heterocycles. The molecule has 1 aliphatic rings. The van der Waals surface area contributed by atoms with E-state index in [9.17, 15) is 14.4 Å². The van der Waals surface area contributed by atoms with Crippen LogP contribution in [-0.4, -0.2) is 38.5 Å². The number of imide groups is 1. The maximum absolute atomic E-state index is 12.5. The Hall–Kier alpha value is -3.74. The zero-order valence-corrected chi connectivity index (χ0v) is 15.1. The number of rotatable bonds is 5. The van der Waals surface area contributed by atoms with E-state index >= 15 is 0 Å². The predicted molar refractivity (Wildman–Crippen MR) is 99.8 cm³/mol. The molecule has 0 N–H and O–H groups in total. The van der Waals surface area contributed by atoms with Crippen LogP contribution in [0.2, 0.25) is 0 Å². The van der Waals surface area contributed by atoms with Crippen molar-refractivity contribution in [2.24, 2.45) is 0 Å². The summed E-state index contributed by atoms with van der Waals surface area (Å²) in [4.78, 5) is 38.3. The van der Waals surface area contributed by atoms with E-state index in [1.165, 1.54) is 6.92 Å². The first-order chi connectivity index (χ1) is 13.6. The first-order valence-corrected chi connectivity index (χ1v) is 8.79. The van der Waals surface area contributed by atoms with Gasteiger partial charge in [-0.3, -0.25) is 14.5 Å². The number of esters is 1. The Kier molecular flexibility index (Phi) is 4.49. The van der Waals surface area contributed by atoms with Gasteiger partial charge in [0.25, 0.3) is 11.8 Å². The molecule has 0 saturated carbocycles. The Balaban J connectivity index is 1.40. The molecule has 7 heteroatoms. The number of carbonyl (C=O) groups excluding carboxylic acids is 3. The van der Waals surface area contributed by atoms with E-state index in [0.29, 0.717) is 11.1 Å². The molecule has 0 spiro atoms. The van der Waals surface area contributed by atoms with Gasteiger partial charge in [-0.05, 0) is 42.8 Å². The SMILES string of the molecule is C[C@@H](C(=O)OCc1ccc(-n2cccn2)cc1)N1C(=O)c2ccccc2C1=O. The number of nitrogens with zero attached hydrogens (tertiary/aromatic N) is 3. The maximum Gasteiger partial charge on any atom is 0.329 e. The number of carbonyl (C=O) groups is 3. The van der Waals surface area contributed by atoms with Gasteiger partial charge in [-0.15, -0.1) is 0 Å². The standard InChI is InChI=1S/C21H17N3O4/c1-14(24-19(25)17-5-2-3-6-18(17)20(24)26)21(27)28-13-15-7-9-16(10-8-15)23-12-4-11-22-23/h2-12,14H,13H2,1H3/t14-/m0/s1. The average molecular weight is 375 g/mol. The highest BCUT2D eigenvalue weighted by atomic mass is 16.5. The lowest BCUT2D eigenvalue weighted by atomic mass is 10.1. The summed E-state index contributed by atoms with van der Waals surface area (Å²) in [6.07, 6.45) is 3.52. The Morgan fingerprint density at radius 1 is 1.00 bits per heavy atom. The van der Waals surface area contributed by atoms with E-state index in [1.807, 2.05) is 36.5 Å². The lowest BCUT2D eigenvalue weighted by Crippen LogP contribution is -2.43. The van der Waals surface area contributed by atoms with Gasteiger partial charge in [-0.25, -0.2) is 9.48 Å². The van der Waals surface area contributed by atoms with E-state index in [0.717, 1.165) is 16.2 Å². The van der Waals surface area contributed by atoms with Gasteiger partial charge < -0.3 is 4.74 Å². The molecule has 140 valence electrons. The zero-order chi connectivity index (χ0) is 19.7. The summed E-state index contributed by atoms with van der Waals surface area (Å²) in [6.45, 7) is 1.54. The number of hydrogen-bond acceptors (Lipinski definition) is 5. The fraction of sp³-hybridized carbons (Fsp3) is 0.143. The summed E-state index contributed by atoms with van der Waals surface area (Å²) >= 11 is 0. The van der Waals surface area contributed by atoms with Crippen molar-refractivity contribution in [2.45, 2.75) is 19.6 Å². The second-order valence-electron chi connectivity index (χ2n) is 6.43. The topological polar surface area (TPSA) is 81.5 Å². The average Bonchev–Trinajstić information content (AvgIpc) is 3.34. The molecule has 1 atom stereocenters. The van der Waals surface area contributed by atoms with Crippen LogP contribution in [0.1, 0.15) is 33.2 Å². The Morgan fingerprint density at radius 3 is 2.21 bits per heavy atom. The predicted octanol–water partition coefficient (Wildman–Crippen LogP) is 2.60. The number of ether oxygens (including phenoxy) is 1. The Bertz CT molecular complexity index is 1010. The second kappa shape index (κ2) is 7.11. The summed E-state index contributed by atoms with van der Waals surface area (Å²) in [5, 5.41) is 4.15. The fourth-order valence-corrected chi connectivity index (χ4v) is 3.11. The van der Waals surface area contributed by atoms with Crippen molar-refractivity contribution in [3.8, 4) is 5.69 Å². The lowest BCUT2D eigenvalue weighted by Gasteiger charge is -2.21. The molecule has 4 rings (SSSR count). The minimum Gasteiger partial charge on any atom is -0.459 e. The molecular weight excluding hydrogens is 358 g/mol. The van der Waals surface area contributed by atoms with Crippen molar-refractivity contribution in [1.82, 2.24) is 14.7 Å². The van der Waals surface area contributed by atoms with Gasteiger partial charge in [-0.2, -0.15) is 5.10 Å². The summed E-state index contributed by atoms with van der Waals surface area (Å²) < 4.78 is 7.04. The van der Waals surface area contributed by atoms with Crippen LogP contribution in [0.25, 0.3) is 5.69 Å². The number of amides is 2. The fourth-order valence-electron chi connectivity index (χ4n) is 3.11. The van der Waals surface area contributed by atoms with Gasteiger partial charge in [0.05, 0.1) is 16.8 Å². The van der Waals surface area contributed by atoms with Crippen LogP contribution in [0.5, 0.6) is 0 Å². The normalized spacial score (nSPS) is 14.1. The minimum atomic E-state index is -1.00. The first-order valence-electron chi connectivity index (χ1n) is 8.79. The molecule has 0 fully saturated rings. The van der Waals surface area contributed by atoms with Crippen molar-refractivity contribution < 1.29 is 19.1 Å². The largest absolute Gasteiger partial charge is 0.459 e. The smallest absolute Gasteiger partial charge is 0.329 e. The molecule has 2 aromatic carbocycles. The van der Waals surface area contributed by atoms with Crippen molar-refractivity contribution >= 4 is 17.8 Å². The summed E-state index contributed by atoms with van der Waals surface area (Å²) in [5.41, 5.74) is 2.29. The number of aromatic nitrogens is 2. The molecule has 7 nitrogen and oxygen atoms in total. The Labute approximate surface area is 161 Å². The monoisotopic (exact) mass is 375 g/mol. The number of benzene rings is 2. The molecule has 0 saturated heterocycles. The number of fused-ring (bicyclic) bond motifs is 1. The number of hydrogen-bond donors (Lipinski definition) is 0. The highest BCUT2D eigenvalue weighted by Gasteiger charge is 2.41. The van der Waals surface area contributed by atoms with Crippen molar-refractivity contribution in [1.29, 1.82) is 0 Å². The van der Waals surface area contributed by atoms with Crippen LogP contribution in [0.4, 0.5) is 0 Å². The van der Waals surface area contributed by atoms with Crippen LogP contribution in [-0.2, 0) is 16.1 Å². The second-order valence-corrected chi connectivity index (χ2v) is 6.43. The van der Waals surface area contributed by atoms with Crippen LogP contribution >= 0.6 is 0 Å². The molecule has 0 aliphatic carbocycles. The molecule has 0 bridgehead atoms. The third-order valence-corrected chi connectivity index (χ3v) is 4.64. The van der Waals surface area contributed by atoms with Gasteiger partial charge in [0, 0.05) is 12.4 Å². The van der Waals surface area contributed by atoms with Gasteiger partial charge >= 0.3 is 5.97 Å². The highest BCUT2D eigenvalue weighted by Crippen LogP contribution is 2.25. The van der Waals surface area contributed by atoms with Crippen molar-refractivity contribution in [3.63, 3.8) is 0 Å². The van der Waals surface area contributed by atoms with E-state index < -0.39 is 23.8 Å². The maximum atomic E-state index is 12.5. The molecular formula is C21H17N3O4. The lowest BCUT2D eigenvalue weighted by molar-refractivity contribution is -0.149. The summed E-state index contributed by atoms with van der Waals surface area (Å²) in [7, 11) is 0. The van der Waals surface area contributed by atoms with Crippen LogP contribution in [0.3, 0.4) is 0 Å². The molecule has 2 amide bonds. The molecule has 3 aromatic rings. The third kappa shape index (κ3) is 3.07. The molecule has 0 radical (unpaired) electrons. The molecule has 1 aliphatic heterocycles. The molecule has 28 heavy (non-hydrogen) atoms. The van der Waals surface area contributed by atoms with Gasteiger partial charge in [-0.1, -0.05) is 24.3 Å². The molecule has 2 heterocycles. The summed E-state index contributed by atoms with van der Waals surface area (Å²) in [6, 6.07) is 14.7.